The summed E-state index contributed by atoms with van der Waals surface area (Å²) in [7, 11) is 1.94. The van der Waals surface area contributed by atoms with Gasteiger partial charge in [-0.3, -0.25) is 14.4 Å². The topological polar surface area (TPSA) is 54.3 Å². The number of hydrogen-bond acceptors (Lipinski definition) is 4. The molecule has 0 aliphatic carbocycles. The van der Waals surface area contributed by atoms with Crippen LogP contribution in [0.1, 0.15) is 25.3 Å². The van der Waals surface area contributed by atoms with E-state index in [1.165, 1.54) is 11.9 Å². The smallest absolute Gasteiger partial charge is 0.224 e. The first-order chi connectivity index (χ1) is 12.1. The lowest BCUT2D eigenvalue weighted by Gasteiger charge is -2.41. The minimum Gasteiger partial charge on any atom is -0.342 e. The summed E-state index contributed by atoms with van der Waals surface area (Å²) in [5.41, 5.74) is 1.35. The fourth-order valence-corrected chi connectivity index (χ4v) is 3.70. The van der Waals surface area contributed by atoms with Gasteiger partial charge >= 0.3 is 0 Å². The minimum atomic E-state index is 0.184. The van der Waals surface area contributed by atoms with Gasteiger partial charge in [0.2, 0.25) is 5.91 Å². The Kier molecular flexibility index (Phi) is 5.81. The minimum absolute atomic E-state index is 0.184. The average molecular weight is 341 g/mol. The fraction of sp³-hybridized carbons (Fsp3) is 0.526. The third-order valence-electron chi connectivity index (χ3n) is 5.11. The average Bonchev–Trinajstić information content (AvgIpc) is 3.14. The molecule has 0 spiro atoms. The zero-order chi connectivity index (χ0) is 17.6. The van der Waals surface area contributed by atoms with Crippen LogP contribution in [0.3, 0.4) is 0 Å². The highest BCUT2D eigenvalue weighted by atomic mass is 16.2. The molecule has 1 aliphatic rings. The number of carbonyl (C=O) groups excluding carboxylic acids is 1. The summed E-state index contributed by atoms with van der Waals surface area (Å²) in [5, 5.41) is 4.05. The second-order valence-electron chi connectivity index (χ2n) is 6.97. The molecule has 0 radical (unpaired) electrons. The highest BCUT2D eigenvalue weighted by Crippen LogP contribution is 2.23. The molecule has 2 aromatic rings. The summed E-state index contributed by atoms with van der Waals surface area (Å²) in [6.07, 6.45) is 4.65. The molecule has 25 heavy (non-hydrogen) atoms. The Morgan fingerprint density at radius 2 is 2.12 bits per heavy atom. The Labute approximate surface area is 149 Å². The van der Waals surface area contributed by atoms with Crippen molar-refractivity contribution in [2.24, 2.45) is 5.92 Å². The molecular weight excluding hydrogens is 314 g/mol. The molecule has 0 bridgehead atoms. The monoisotopic (exact) mass is 341 g/mol. The maximum absolute atomic E-state index is 12.5. The van der Waals surface area contributed by atoms with E-state index in [0.29, 0.717) is 24.9 Å². The van der Waals surface area contributed by atoms with Crippen LogP contribution in [0, 0.1) is 5.92 Å². The second kappa shape index (κ2) is 8.25. The van der Waals surface area contributed by atoms with E-state index in [1.54, 1.807) is 11.0 Å². The van der Waals surface area contributed by atoms with E-state index < -0.39 is 0 Å². The Balaban J connectivity index is 1.49. The molecule has 1 aliphatic heterocycles. The number of rotatable bonds is 6. The van der Waals surface area contributed by atoms with Crippen LogP contribution in [0.4, 0.5) is 0 Å². The molecular formula is C19H27N5O. The van der Waals surface area contributed by atoms with Crippen LogP contribution in [0.2, 0.25) is 0 Å². The molecule has 134 valence electrons. The molecule has 1 fully saturated rings. The Morgan fingerprint density at radius 3 is 2.80 bits per heavy atom. The standard InChI is InChI=1S/C19H27N5O/c1-16-12-23(13-17-6-4-3-5-7-17)10-8-18(16)22(2)19(25)9-11-24-15-20-14-21-24/h3-7,14-16,18H,8-13H2,1-2H3/t16-,18+/m0/s1. The Morgan fingerprint density at radius 1 is 1.32 bits per heavy atom. The van der Waals surface area contributed by atoms with Crippen molar-refractivity contribution in [1.82, 2.24) is 24.6 Å². The quantitative estimate of drug-likeness (QED) is 0.807. The molecule has 6 nitrogen and oxygen atoms in total. The largest absolute Gasteiger partial charge is 0.342 e. The maximum Gasteiger partial charge on any atom is 0.224 e. The van der Waals surface area contributed by atoms with Crippen LogP contribution in [-0.4, -0.2) is 56.7 Å². The SMILES string of the molecule is C[C@H]1CN(Cc2ccccc2)CC[C@H]1N(C)C(=O)CCn1cncn1. The van der Waals surface area contributed by atoms with Crippen LogP contribution >= 0.6 is 0 Å². The van der Waals surface area contributed by atoms with Gasteiger partial charge in [0, 0.05) is 39.1 Å². The molecule has 3 rings (SSSR count). The van der Waals surface area contributed by atoms with Gasteiger partial charge in [-0.05, 0) is 17.9 Å². The summed E-state index contributed by atoms with van der Waals surface area (Å²) in [6.45, 7) is 5.89. The predicted octanol–water partition coefficient (Wildman–Crippen LogP) is 2.04. The number of likely N-dealkylation sites (tertiary alicyclic amines) is 1. The summed E-state index contributed by atoms with van der Waals surface area (Å²) in [5.74, 6) is 0.654. The fourth-order valence-electron chi connectivity index (χ4n) is 3.70. The van der Waals surface area contributed by atoms with Gasteiger partial charge in [-0.1, -0.05) is 37.3 Å². The van der Waals surface area contributed by atoms with Gasteiger partial charge in [0.05, 0.1) is 6.54 Å². The molecule has 1 amide bonds. The zero-order valence-electron chi connectivity index (χ0n) is 15.1. The molecule has 0 unspecified atom stereocenters. The maximum atomic E-state index is 12.5. The molecule has 0 saturated carbocycles. The number of hydrogen-bond donors (Lipinski definition) is 0. The predicted molar refractivity (Wildman–Crippen MR) is 96.7 cm³/mol. The first-order valence-electron chi connectivity index (χ1n) is 8.98. The van der Waals surface area contributed by atoms with E-state index in [2.05, 4.69) is 52.2 Å². The Hall–Kier alpha value is -2.21. The number of amides is 1. The summed E-state index contributed by atoms with van der Waals surface area (Å²) in [4.78, 5) is 20.9. The van der Waals surface area contributed by atoms with Gasteiger partial charge in [-0.15, -0.1) is 0 Å². The number of benzene rings is 1. The van der Waals surface area contributed by atoms with E-state index in [4.69, 9.17) is 0 Å². The molecule has 1 aromatic heterocycles. The lowest BCUT2D eigenvalue weighted by Crippen LogP contribution is -2.50. The third-order valence-corrected chi connectivity index (χ3v) is 5.11. The van der Waals surface area contributed by atoms with Crippen molar-refractivity contribution in [3.05, 3.63) is 48.5 Å². The first kappa shape index (κ1) is 17.6. The molecule has 2 atom stereocenters. The van der Waals surface area contributed by atoms with Crippen LogP contribution in [-0.2, 0) is 17.9 Å². The van der Waals surface area contributed by atoms with Crippen LogP contribution in [0.25, 0.3) is 0 Å². The number of nitrogens with zero attached hydrogens (tertiary/aromatic N) is 5. The molecule has 6 heteroatoms. The number of piperidine rings is 1. The number of aryl methyl sites for hydroxylation is 1. The molecule has 2 heterocycles. The van der Waals surface area contributed by atoms with Crippen LogP contribution in [0.15, 0.2) is 43.0 Å². The normalized spacial score (nSPS) is 21.2. The van der Waals surface area contributed by atoms with Gasteiger partial charge in [-0.25, -0.2) is 4.98 Å². The van der Waals surface area contributed by atoms with E-state index in [0.717, 1.165) is 26.1 Å². The lowest BCUT2D eigenvalue weighted by atomic mass is 9.92. The highest BCUT2D eigenvalue weighted by Gasteiger charge is 2.30. The van der Waals surface area contributed by atoms with E-state index >= 15 is 0 Å². The van der Waals surface area contributed by atoms with E-state index in [-0.39, 0.29) is 5.91 Å². The van der Waals surface area contributed by atoms with E-state index in [9.17, 15) is 4.79 Å². The van der Waals surface area contributed by atoms with Gasteiger partial charge < -0.3 is 4.90 Å². The van der Waals surface area contributed by atoms with Gasteiger partial charge in [0.15, 0.2) is 0 Å². The van der Waals surface area contributed by atoms with Crippen LogP contribution in [0.5, 0.6) is 0 Å². The van der Waals surface area contributed by atoms with Gasteiger partial charge in [0.25, 0.3) is 0 Å². The highest BCUT2D eigenvalue weighted by molar-refractivity contribution is 5.76. The van der Waals surface area contributed by atoms with Crippen molar-refractivity contribution < 1.29 is 4.79 Å². The van der Waals surface area contributed by atoms with Crippen molar-refractivity contribution in [2.75, 3.05) is 20.1 Å². The summed E-state index contributed by atoms with van der Waals surface area (Å²) < 4.78 is 1.71. The Bertz CT molecular complexity index is 658. The summed E-state index contributed by atoms with van der Waals surface area (Å²) >= 11 is 0. The van der Waals surface area contributed by atoms with Gasteiger partial charge in [0.1, 0.15) is 12.7 Å². The number of aromatic nitrogens is 3. The van der Waals surface area contributed by atoms with Crippen molar-refractivity contribution in [2.45, 2.75) is 38.9 Å². The first-order valence-corrected chi connectivity index (χ1v) is 8.98. The third kappa shape index (κ3) is 4.66. The number of carbonyl (C=O) groups is 1. The van der Waals surface area contributed by atoms with E-state index in [1.807, 2.05) is 11.9 Å². The molecule has 1 aromatic carbocycles. The second-order valence-corrected chi connectivity index (χ2v) is 6.97. The van der Waals surface area contributed by atoms with Crippen molar-refractivity contribution in [3.8, 4) is 0 Å². The van der Waals surface area contributed by atoms with Crippen molar-refractivity contribution in [3.63, 3.8) is 0 Å². The van der Waals surface area contributed by atoms with Gasteiger partial charge in [-0.2, -0.15) is 5.10 Å². The summed E-state index contributed by atoms with van der Waals surface area (Å²) in [6, 6.07) is 10.9. The molecule has 0 N–H and O–H groups in total. The van der Waals surface area contributed by atoms with Crippen molar-refractivity contribution >= 4 is 5.91 Å². The van der Waals surface area contributed by atoms with Crippen molar-refractivity contribution in [1.29, 1.82) is 0 Å². The lowest BCUT2D eigenvalue weighted by molar-refractivity contribution is -0.134. The molecule has 1 saturated heterocycles. The zero-order valence-corrected chi connectivity index (χ0v) is 15.1. The van der Waals surface area contributed by atoms with Crippen LogP contribution < -0.4 is 0 Å².